The Morgan fingerprint density at radius 3 is 2.20 bits per heavy atom. The molecular weight excluding hydrogens is 327 g/mol. The number of hydrogen-bond acceptors (Lipinski definition) is 3. The van der Waals surface area contributed by atoms with Gasteiger partial charge in [-0.3, -0.25) is 14.5 Å². The first-order valence-corrected chi connectivity index (χ1v) is 6.85. The number of nitrogens with zero attached hydrogens (tertiary/aromatic N) is 1. The second-order valence-electron chi connectivity index (χ2n) is 3.99. The lowest BCUT2D eigenvalue weighted by atomic mass is 10.3. The molecule has 1 rings (SSSR count). The molecule has 8 heteroatoms. The van der Waals surface area contributed by atoms with E-state index in [4.69, 9.17) is 39.9 Å². The summed E-state index contributed by atoms with van der Waals surface area (Å²) in [7, 11) is 0. The number of nitrogens with one attached hydrogen (secondary N) is 1. The Kier molecular flexibility index (Phi) is 6.55. The highest BCUT2D eigenvalue weighted by molar-refractivity contribution is 6.42. The Balaban J connectivity index is 2.73. The quantitative estimate of drug-likeness (QED) is 0.836. The van der Waals surface area contributed by atoms with Gasteiger partial charge in [-0.15, -0.1) is 0 Å². The van der Waals surface area contributed by atoms with E-state index >= 15 is 0 Å². The second kappa shape index (κ2) is 7.69. The van der Waals surface area contributed by atoms with E-state index in [9.17, 15) is 9.59 Å². The number of benzene rings is 1. The largest absolute Gasteiger partial charge is 0.480 e. The SMILES string of the molecule is CCN(CC(=O)O)CC(=O)Nc1c(Cl)cc(Cl)cc1Cl. The molecule has 0 bridgehead atoms. The van der Waals surface area contributed by atoms with Crippen molar-refractivity contribution in [3.05, 3.63) is 27.2 Å². The molecule has 0 aliphatic heterocycles. The minimum atomic E-state index is -0.998. The first kappa shape index (κ1) is 17.0. The molecule has 2 N–H and O–H groups in total. The predicted octanol–water partition coefficient (Wildman–Crippen LogP) is 2.99. The lowest BCUT2D eigenvalue weighted by molar-refractivity contribution is -0.138. The number of carbonyl (C=O) groups excluding carboxylic acids is 1. The van der Waals surface area contributed by atoms with Crippen molar-refractivity contribution < 1.29 is 14.7 Å². The molecule has 0 atom stereocenters. The van der Waals surface area contributed by atoms with E-state index in [1.54, 1.807) is 6.92 Å². The van der Waals surface area contributed by atoms with Gasteiger partial charge in [0.2, 0.25) is 5.91 Å². The van der Waals surface area contributed by atoms with Crippen molar-refractivity contribution in [1.29, 1.82) is 0 Å². The number of carboxylic acids is 1. The molecule has 0 saturated heterocycles. The van der Waals surface area contributed by atoms with Crippen molar-refractivity contribution >= 4 is 52.4 Å². The van der Waals surface area contributed by atoms with Crippen LogP contribution in [-0.2, 0) is 9.59 Å². The molecule has 0 fully saturated rings. The summed E-state index contributed by atoms with van der Waals surface area (Å²) in [4.78, 5) is 23.9. The second-order valence-corrected chi connectivity index (χ2v) is 5.24. The van der Waals surface area contributed by atoms with Gasteiger partial charge in [-0.1, -0.05) is 41.7 Å². The number of carboxylic acid groups (broad SMARTS) is 1. The number of anilines is 1. The van der Waals surface area contributed by atoms with Crippen LogP contribution in [0.1, 0.15) is 6.92 Å². The first-order chi connectivity index (χ1) is 9.33. The standard InChI is InChI=1S/C12H13Cl3N2O3/c1-2-17(6-11(19)20)5-10(18)16-12-8(14)3-7(13)4-9(12)15/h3-4H,2,5-6H2,1H3,(H,16,18)(H,19,20). The Hall–Kier alpha value is -1.01. The zero-order valence-electron chi connectivity index (χ0n) is 10.6. The fourth-order valence-corrected chi connectivity index (χ4v) is 2.43. The third-order valence-electron chi connectivity index (χ3n) is 2.44. The molecule has 0 aromatic heterocycles. The molecule has 0 saturated carbocycles. The van der Waals surface area contributed by atoms with Crippen LogP contribution in [0, 0.1) is 0 Å². The predicted molar refractivity (Wildman–Crippen MR) is 79.9 cm³/mol. The van der Waals surface area contributed by atoms with E-state index in [-0.39, 0.29) is 28.8 Å². The minimum absolute atomic E-state index is 0.0713. The van der Waals surface area contributed by atoms with Gasteiger partial charge in [-0.2, -0.15) is 0 Å². The monoisotopic (exact) mass is 338 g/mol. The summed E-state index contributed by atoms with van der Waals surface area (Å²) in [6.45, 7) is 1.91. The summed E-state index contributed by atoms with van der Waals surface area (Å²) < 4.78 is 0. The Bertz CT molecular complexity index is 500. The molecule has 1 aromatic carbocycles. The van der Waals surface area contributed by atoms with Crippen LogP contribution in [0.15, 0.2) is 12.1 Å². The van der Waals surface area contributed by atoms with Gasteiger partial charge < -0.3 is 10.4 Å². The molecule has 0 radical (unpaired) electrons. The number of amides is 1. The van der Waals surface area contributed by atoms with Gasteiger partial charge in [0, 0.05) is 5.02 Å². The van der Waals surface area contributed by atoms with E-state index in [2.05, 4.69) is 5.32 Å². The molecule has 1 amide bonds. The lowest BCUT2D eigenvalue weighted by Crippen LogP contribution is -2.36. The fourth-order valence-electron chi connectivity index (χ4n) is 1.51. The van der Waals surface area contributed by atoms with Crippen LogP contribution in [0.3, 0.4) is 0 Å². The molecule has 0 heterocycles. The van der Waals surface area contributed by atoms with Crippen LogP contribution in [0.2, 0.25) is 15.1 Å². The molecule has 5 nitrogen and oxygen atoms in total. The number of likely N-dealkylation sites (N-methyl/N-ethyl adjacent to an activating group) is 1. The highest BCUT2D eigenvalue weighted by atomic mass is 35.5. The number of carbonyl (C=O) groups is 2. The van der Waals surface area contributed by atoms with Crippen molar-refractivity contribution in [3.63, 3.8) is 0 Å². The van der Waals surface area contributed by atoms with Crippen LogP contribution in [-0.4, -0.2) is 41.5 Å². The molecule has 0 unspecified atom stereocenters. The zero-order chi connectivity index (χ0) is 15.3. The molecule has 0 aliphatic carbocycles. The smallest absolute Gasteiger partial charge is 0.317 e. The van der Waals surface area contributed by atoms with Gasteiger partial charge in [-0.05, 0) is 18.7 Å². The van der Waals surface area contributed by atoms with Crippen LogP contribution in [0.25, 0.3) is 0 Å². The molecule has 110 valence electrons. The van der Waals surface area contributed by atoms with Crippen LogP contribution in [0.5, 0.6) is 0 Å². The van der Waals surface area contributed by atoms with E-state index in [1.807, 2.05) is 0 Å². The van der Waals surface area contributed by atoms with Crippen LogP contribution >= 0.6 is 34.8 Å². The normalized spacial score (nSPS) is 10.7. The molecule has 0 spiro atoms. The average molecular weight is 340 g/mol. The summed E-state index contributed by atoms with van der Waals surface area (Å²) in [6, 6.07) is 2.92. The summed E-state index contributed by atoms with van der Waals surface area (Å²) >= 11 is 17.7. The molecule has 1 aromatic rings. The van der Waals surface area contributed by atoms with E-state index in [0.29, 0.717) is 11.6 Å². The highest BCUT2D eigenvalue weighted by Gasteiger charge is 2.15. The van der Waals surface area contributed by atoms with Crippen LogP contribution in [0.4, 0.5) is 5.69 Å². The summed E-state index contributed by atoms with van der Waals surface area (Å²) in [5.41, 5.74) is 0.258. The third kappa shape index (κ3) is 5.17. The van der Waals surface area contributed by atoms with Crippen molar-refractivity contribution in [2.45, 2.75) is 6.92 Å². The Labute approximate surface area is 131 Å². The van der Waals surface area contributed by atoms with Crippen LogP contribution < -0.4 is 5.32 Å². The van der Waals surface area contributed by atoms with Gasteiger partial charge in [0.25, 0.3) is 0 Å². The summed E-state index contributed by atoms with van der Waals surface area (Å²) in [6.07, 6.45) is 0. The summed E-state index contributed by atoms with van der Waals surface area (Å²) in [5, 5.41) is 12.1. The molecular formula is C12H13Cl3N2O3. The third-order valence-corrected chi connectivity index (χ3v) is 3.26. The van der Waals surface area contributed by atoms with Crippen molar-refractivity contribution in [3.8, 4) is 0 Å². The van der Waals surface area contributed by atoms with Gasteiger partial charge in [0.1, 0.15) is 0 Å². The van der Waals surface area contributed by atoms with Gasteiger partial charge in [-0.25, -0.2) is 0 Å². The average Bonchev–Trinajstić information content (AvgIpc) is 2.32. The maximum atomic E-state index is 11.9. The van der Waals surface area contributed by atoms with E-state index in [1.165, 1.54) is 17.0 Å². The number of rotatable bonds is 6. The van der Waals surface area contributed by atoms with Crippen molar-refractivity contribution in [2.75, 3.05) is 25.0 Å². The van der Waals surface area contributed by atoms with E-state index in [0.717, 1.165) is 0 Å². The topological polar surface area (TPSA) is 69.6 Å². The van der Waals surface area contributed by atoms with Crippen molar-refractivity contribution in [1.82, 2.24) is 4.90 Å². The molecule has 0 aliphatic rings. The number of hydrogen-bond donors (Lipinski definition) is 2. The maximum Gasteiger partial charge on any atom is 0.317 e. The highest BCUT2D eigenvalue weighted by Crippen LogP contribution is 2.33. The zero-order valence-corrected chi connectivity index (χ0v) is 12.9. The van der Waals surface area contributed by atoms with Gasteiger partial charge in [0.05, 0.1) is 28.8 Å². The lowest BCUT2D eigenvalue weighted by Gasteiger charge is -2.18. The summed E-state index contributed by atoms with van der Waals surface area (Å²) in [5.74, 6) is -1.40. The Morgan fingerprint density at radius 2 is 1.75 bits per heavy atom. The Morgan fingerprint density at radius 1 is 1.20 bits per heavy atom. The van der Waals surface area contributed by atoms with Crippen molar-refractivity contribution in [2.24, 2.45) is 0 Å². The van der Waals surface area contributed by atoms with Gasteiger partial charge in [0.15, 0.2) is 0 Å². The maximum absolute atomic E-state index is 11.9. The number of halogens is 3. The van der Waals surface area contributed by atoms with E-state index < -0.39 is 11.9 Å². The minimum Gasteiger partial charge on any atom is -0.480 e. The fraction of sp³-hybridized carbons (Fsp3) is 0.333. The first-order valence-electron chi connectivity index (χ1n) is 5.72. The number of aliphatic carboxylic acids is 1. The van der Waals surface area contributed by atoms with Gasteiger partial charge >= 0.3 is 5.97 Å². The molecule has 20 heavy (non-hydrogen) atoms.